The van der Waals surface area contributed by atoms with Gasteiger partial charge in [-0.3, -0.25) is 0 Å². The summed E-state index contributed by atoms with van der Waals surface area (Å²) in [5.41, 5.74) is 0. The number of halogens is 1. The molecule has 6 nitrogen and oxygen atoms in total. The molecule has 0 spiro atoms. The third-order valence-corrected chi connectivity index (χ3v) is 6.38. The first-order chi connectivity index (χ1) is 9.90. The van der Waals surface area contributed by atoms with Crippen LogP contribution in [0, 0.1) is 0 Å². The molecule has 1 heterocycles. The van der Waals surface area contributed by atoms with Crippen LogP contribution in [0.2, 0.25) is 0 Å². The molecule has 1 saturated heterocycles. The summed E-state index contributed by atoms with van der Waals surface area (Å²) in [6.45, 7) is 2.42. The summed E-state index contributed by atoms with van der Waals surface area (Å²) in [5, 5.41) is 0. The largest absolute Gasteiger partial charge is 0.493 e. The lowest BCUT2D eigenvalue weighted by Gasteiger charge is -2.31. The van der Waals surface area contributed by atoms with E-state index in [0.29, 0.717) is 29.1 Å². The highest BCUT2D eigenvalue weighted by Gasteiger charge is 2.30. The second kappa shape index (κ2) is 6.51. The molecular formula is C13H19BrN2O4S. The molecule has 1 aromatic carbocycles. The highest BCUT2D eigenvalue weighted by molar-refractivity contribution is 9.10. The van der Waals surface area contributed by atoms with Crippen LogP contribution in [0.25, 0.3) is 0 Å². The average Bonchev–Trinajstić information content (AvgIpc) is 2.47. The van der Waals surface area contributed by atoms with Gasteiger partial charge in [0.05, 0.1) is 14.2 Å². The van der Waals surface area contributed by atoms with E-state index < -0.39 is 10.0 Å². The van der Waals surface area contributed by atoms with Gasteiger partial charge in [0.1, 0.15) is 4.90 Å². The van der Waals surface area contributed by atoms with Gasteiger partial charge in [0.25, 0.3) is 0 Å². The van der Waals surface area contributed by atoms with Crippen LogP contribution >= 0.6 is 15.9 Å². The predicted molar refractivity (Wildman–Crippen MR) is 83.5 cm³/mol. The molecule has 2 rings (SSSR count). The van der Waals surface area contributed by atoms with Crippen LogP contribution in [0.3, 0.4) is 0 Å². The van der Waals surface area contributed by atoms with E-state index in [-0.39, 0.29) is 4.90 Å². The zero-order valence-electron chi connectivity index (χ0n) is 12.3. The van der Waals surface area contributed by atoms with E-state index in [9.17, 15) is 8.42 Å². The van der Waals surface area contributed by atoms with Crippen molar-refractivity contribution in [3.05, 3.63) is 16.6 Å². The number of piperazine rings is 1. The minimum absolute atomic E-state index is 0.199. The molecule has 0 radical (unpaired) electrons. The first kappa shape index (κ1) is 16.5. The Bertz CT molecular complexity index is 613. The SMILES string of the molecule is COc1cc(Br)c(S(=O)(=O)N2CCN(C)CC2)cc1OC. The minimum atomic E-state index is -3.55. The fourth-order valence-electron chi connectivity index (χ4n) is 2.20. The van der Waals surface area contributed by atoms with Crippen LogP contribution in [-0.4, -0.2) is 65.1 Å². The van der Waals surface area contributed by atoms with Gasteiger partial charge in [-0.05, 0) is 29.0 Å². The van der Waals surface area contributed by atoms with E-state index in [2.05, 4.69) is 20.8 Å². The first-order valence-corrected chi connectivity index (χ1v) is 8.73. The number of hydrogen-bond acceptors (Lipinski definition) is 5. The number of rotatable bonds is 4. The second-order valence-corrected chi connectivity index (χ2v) is 7.61. The van der Waals surface area contributed by atoms with Crippen LogP contribution in [0.4, 0.5) is 0 Å². The molecule has 0 N–H and O–H groups in total. The average molecular weight is 379 g/mol. The summed E-state index contributed by atoms with van der Waals surface area (Å²) >= 11 is 3.31. The fourth-order valence-corrected chi connectivity index (χ4v) is 4.62. The molecule has 1 aliphatic heterocycles. The van der Waals surface area contributed by atoms with Gasteiger partial charge in [-0.15, -0.1) is 0 Å². The highest BCUT2D eigenvalue weighted by Crippen LogP contribution is 2.36. The first-order valence-electron chi connectivity index (χ1n) is 6.50. The van der Waals surface area contributed by atoms with Crippen molar-refractivity contribution in [3.8, 4) is 11.5 Å². The molecule has 1 fully saturated rings. The van der Waals surface area contributed by atoms with Gasteiger partial charge in [-0.2, -0.15) is 4.31 Å². The molecule has 0 aliphatic carbocycles. The molecule has 0 saturated carbocycles. The normalized spacial score (nSPS) is 17.7. The number of ether oxygens (including phenoxy) is 2. The van der Waals surface area contributed by atoms with Gasteiger partial charge in [0, 0.05) is 36.7 Å². The summed E-state index contributed by atoms with van der Waals surface area (Å²) in [7, 11) is 1.43. The lowest BCUT2D eigenvalue weighted by Crippen LogP contribution is -2.47. The quantitative estimate of drug-likeness (QED) is 0.792. The molecule has 0 amide bonds. The van der Waals surface area contributed by atoms with E-state index in [1.54, 1.807) is 6.07 Å². The van der Waals surface area contributed by atoms with Crippen LogP contribution < -0.4 is 9.47 Å². The number of hydrogen-bond donors (Lipinski definition) is 0. The zero-order valence-corrected chi connectivity index (χ0v) is 14.7. The highest BCUT2D eigenvalue weighted by atomic mass is 79.9. The van der Waals surface area contributed by atoms with E-state index in [1.165, 1.54) is 24.6 Å². The number of methoxy groups -OCH3 is 2. The maximum Gasteiger partial charge on any atom is 0.244 e. The smallest absolute Gasteiger partial charge is 0.244 e. The van der Waals surface area contributed by atoms with Crippen molar-refractivity contribution in [2.45, 2.75) is 4.90 Å². The van der Waals surface area contributed by atoms with Crippen molar-refractivity contribution >= 4 is 26.0 Å². The number of sulfonamides is 1. The van der Waals surface area contributed by atoms with Crippen molar-refractivity contribution in [1.82, 2.24) is 9.21 Å². The molecule has 0 unspecified atom stereocenters. The topological polar surface area (TPSA) is 59.1 Å². The van der Waals surface area contributed by atoms with Crippen LogP contribution in [0.15, 0.2) is 21.5 Å². The maximum absolute atomic E-state index is 12.8. The van der Waals surface area contributed by atoms with E-state index in [4.69, 9.17) is 9.47 Å². The Balaban J connectivity index is 2.40. The summed E-state index contributed by atoms with van der Waals surface area (Å²) in [6.07, 6.45) is 0. The maximum atomic E-state index is 12.8. The Morgan fingerprint density at radius 3 is 2.10 bits per heavy atom. The van der Waals surface area contributed by atoms with Gasteiger partial charge in [0.15, 0.2) is 11.5 Å². The van der Waals surface area contributed by atoms with Gasteiger partial charge >= 0.3 is 0 Å². The monoisotopic (exact) mass is 378 g/mol. The summed E-state index contributed by atoms with van der Waals surface area (Å²) in [6, 6.07) is 3.11. The Labute approximate surface area is 133 Å². The number of nitrogens with zero attached hydrogens (tertiary/aromatic N) is 2. The minimum Gasteiger partial charge on any atom is -0.493 e. The molecule has 1 aromatic rings. The van der Waals surface area contributed by atoms with Crippen LogP contribution in [0.5, 0.6) is 11.5 Å². The summed E-state index contributed by atoms with van der Waals surface area (Å²) < 4.78 is 37.9. The predicted octanol–water partition coefficient (Wildman–Crippen LogP) is 1.40. The lowest BCUT2D eigenvalue weighted by atomic mass is 10.3. The fraction of sp³-hybridized carbons (Fsp3) is 0.538. The Morgan fingerprint density at radius 2 is 1.57 bits per heavy atom. The third kappa shape index (κ3) is 3.33. The second-order valence-electron chi connectivity index (χ2n) is 4.84. The summed E-state index contributed by atoms with van der Waals surface area (Å²) in [5.74, 6) is 0.884. The van der Waals surface area contributed by atoms with Gasteiger partial charge < -0.3 is 14.4 Å². The van der Waals surface area contributed by atoms with Crippen molar-refractivity contribution in [3.63, 3.8) is 0 Å². The molecule has 21 heavy (non-hydrogen) atoms. The number of likely N-dealkylation sites (N-methyl/N-ethyl adjacent to an activating group) is 1. The van der Waals surface area contributed by atoms with Gasteiger partial charge in [-0.1, -0.05) is 0 Å². The molecule has 0 bridgehead atoms. The van der Waals surface area contributed by atoms with Crippen molar-refractivity contribution < 1.29 is 17.9 Å². The molecule has 1 aliphatic rings. The molecule has 8 heteroatoms. The van der Waals surface area contributed by atoms with Gasteiger partial charge in [-0.25, -0.2) is 8.42 Å². The third-order valence-electron chi connectivity index (χ3n) is 3.52. The Morgan fingerprint density at radius 1 is 1.05 bits per heavy atom. The molecular weight excluding hydrogens is 360 g/mol. The standard InChI is InChI=1S/C13H19BrN2O4S/c1-15-4-6-16(7-5-15)21(17,18)13-9-12(20-3)11(19-2)8-10(13)14/h8-9H,4-7H2,1-3H3. The van der Waals surface area contributed by atoms with Crippen LogP contribution in [-0.2, 0) is 10.0 Å². The van der Waals surface area contributed by atoms with E-state index >= 15 is 0 Å². The molecule has 0 aromatic heterocycles. The summed E-state index contributed by atoms with van der Waals surface area (Å²) in [4.78, 5) is 2.31. The zero-order chi connectivity index (χ0) is 15.6. The van der Waals surface area contributed by atoms with Crippen molar-refractivity contribution in [2.75, 3.05) is 47.4 Å². The number of benzene rings is 1. The van der Waals surface area contributed by atoms with Crippen LogP contribution in [0.1, 0.15) is 0 Å². The molecule has 118 valence electrons. The Kier molecular flexibility index (Phi) is 5.13. The lowest BCUT2D eigenvalue weighted by molar-refractivity contribution is 0.222. The van der Waals surface area contributed by atoms with Gasteiger partial charge in [0.2, 0.25) is 10.0 Å². The molecule has 0 atom stereocenters. The van der Waals surface area contributed by atoms with Crippen molar-refractivity contribution in [2.24, 2.45) is 0 Å². The Hall–Kier alpha value is -0.830. The van der Waals surface area contributed by atoms with Crippen molar-refractivity contribution in [1.29, 1.82) is 0 Å². The van der Waals surface area contributed by atoms with E-state index in [1.807, 2.05) is 7.05 Å². The van der Waals surface area contributed by atoms with E-state index in [0.717, 1.165) is 13.1 Å².